The maximum Gasteiger partial charge on any atom is 0.110 e. The molecule has 0 aliphatic rings. The zero-order valence-electron chi connectivity index (χ0n) is 9.68. The van der Waals surface area contributed by atoms with E-state index < -0.39 is 0 Å². The number of hydrogen-bond donors (Lipinski definition) is 0. The molecule has 0 N–H and O–H groups in total. The zero-order chi connectivity index (χ0) is 11.4. The van der Waals surface area contributed by atoms with Crippen molar-refractivity contribution >= 4 is 6.08 Å². The van der Waals surface area contributed by atoms with Crippen molar-refractivity contribution in [3.8, 4) is 0 Å². The molecule has 0 aliphatic carbocycles. The van der Waals surface area contributed by atoms with Gasteiger partial charge in [0.1, 0.15) is 11.5 Å². The molecule has 0 bridgehead atoms. The lowest BCUT2D eigenvalue weighted by Crippen LogP contribution is -1.84. The molecule has 16 heavy (non-hydrogen) atoms. The van der Waals surface area contributed by atoms with Gasteiger partial charge >= 0.3 is 0 Å². The Bertz CT molecular complexity index is 465. The highest BCUT2D eigenvalue weighted by molar-refractivity contribution is 5.49. The van der Waals surface area contributed by atoms with Crippen LogP contribution in [0.3, 0.4) is 0 Å². The van der Waals surface area contributed by atoms with Crippen LogP contribution in [0.25, 0.3) is 6.08 Å². The monoisotopic (exact) mass is 212 g/mol. The summed E-state index contributed by atoms with van der Waals surface area (Å²) in [7, 11) is 0. The second-order valence-corrected chi connectivity index (χ2v) is 4.01. The minimum absolute atomic E-state index is 0.314. The van der Waals surface area contributed by atoms with Crippen LogP contribution in [-0.4, -0.2) is 0 Å². The molecule has 2 aromatic rings. The molecule has 0 saturated heterocycles. The summed E-state index contributed by atoms with van der Waals surface area (Å²) in [5.74, 6) is 2.30. The van der Waals surface area contributed by atoms with Crippen LogP contribution in [0.4, 0.5) is 0 Å². The first-order valence-corrected chi connectivity index (χ1v) is 5.55. The molecule has 0 saturated carbocycles. The molecule has 1 heterocycles. The summed E-state index contributed by atoms with van der Waals surface area (Å²) in [6.07, 6.45) is 4.29. The van der Waals surface area contributed by atoms with Crippen molar-refractivity contribution in [1.82, 2.24) is 0 Å². The average Bonchev–Trinajstić information content (AvgIpc) is 2.74. The van der Waals surface area contributed by atoms with E-state index in [-0.39, 0.29) is 0 Å². The first kappa shape index (κ1) is 10.7. The van der Waals surface area contributed by atoms with Crippen molar-refractivity contribution < 1.29 is 4.42 Å². The molecular formula is C15H16O. The van der Waals surface area contributed by atoms with Crippen LogP contribution >= 0.6 is 0 Å². The third kappa shape index (κ3) is 2.63. The Balaban J connectivity index is 2.08. The van der Waals surface area contributed by atoms with Crippen molar-refractivity contribution in [1.29, 1.82) is 0 Å². The van der Waals surface area contributed by atoms with Gasteiger partial charge in [-0.25, -0.2) is 0 Å². The molecule has 1 aromatic heterocycles. The minimum Gasteiger partial charge on any atom is -0.466 e. The van der Waals surface area contributed by atoms with Crippen LogP contribution in [0, 0.1) is 6.92 Å². The third-order valence-corrected chi connectivity index (χ3v) is 2.59. The van der Waals surface area contributed by atoms with Gasteiger partial charge in [0.25, 0.3) is 0 Å². The molecular weight excluding hydrogens is 196 g/mol. The number of rotatable bonds is 3. The van der Waals surface area contributed by atoms with Gasteiger partial charge < -0.3 is 4.42 Å². The van der Waals surface area contributed by atoms with E-state index in [1.54, 1.807) is 0 Å². The lowest BCUT2D eigenvalue weighted by atomic mass is 10.1. The molecule has 0 radical (unpaired) electrons. The van der Waals surface area contributed by atoms with Gasteiger partial charge in [-0.2, -0.15) is 0 Å². The van der Waals surface area contributed by atoms with Crippen LogP contribution in [0.5, 0.6) is 0 Å². The lowest BCUT2D eigenvalue weighted by molar-refractivity contribution is 0.475. The number of benzene rings is 1. The van der Waals surface area contributed by atoms with Gasteiger partial charge in [0.2, 0.25) is 0 Å². The first-order valence-electron chi connectivity index (χ1n) is 5.55. The Morgan fingerprint density at radius 3 is 2.44 bits per heavy atom. The van der Waals surface area contributed by atoms with Gasteiger partial charge in [-0.15, -0.1) is 0 Å². The molecule has 1 atom stereocenters. The standard InChI is InChI=1S/C15H16O/c1-12(15-11-9-13(2)16-15)8-10-14-6-4-3-5-7-14/h3-12H,1-2H3/b10-8+. The first-order chi connectivity index (χ1) is 7.75. The molecule has 1 nitrogen and oxygen atoms in total. The summed E-state index contributed by atoms with van der Waals surface area (Å²) in [6.45, 7) is 4.11. The zero-order valence-corrected chi connectivity index (χ0v) is 9.68. The van der Waals surface area contributed by atoms with Gasteiger partial charge in [-0.3, -0.25) is 0 Å². The summed E-state index contributed by atoms with van der Waals surface area (Å²) in [5, 5.41) is 0. The minimum atomic E-state index is 0.314. The van der Waals surface area contributed by atoms with E-state index >= 15 is 0 Å². The SMILES string of the molecule is Cc1ccc(C(C)/C=C/c2ccccc2)o1. The average molecular weight is 212 g/mol. The number of furan rings is 1. The predicted octanol–water partition coefficient (Wildman–Crippen LogP) is 4.40. The number of allylic oxidation sites excluding steroid dienone is 1. The quantitative estimate of drug-likeness (QED) is 0.734. The van der Waals surface area contributed by atoms with E-state index in [0.29, 0.717) is 5.92 Å². The molecule has 2 rings (SSSR count). The Kier molecular flexibility index (Phi) is 3.25. The van der Waals surface area contributed by atoms with E-state index in [1.165, 1.54) is 5.56 Å². The molecule has 0 fully saturated rings. The Hall–Kier alpha value is -1.76. The van der Waals surface area contributed by atoms with Crippen LogP contribution in [-0.2, 0) is 0 Å². The number of hydrogen-bond acceptors (Lipinski definition) is 1. The fraction of sp³-hybridized carbons (Fsp3) is 0.200. The van der Waals surface area contributed by atoms with E-state index in [0.717, 1.165) is 11.5 Å². The molecule has 0 spiro atoms. The van der Waals surface area contributed by atoms with Crippen molar-refractivity contribution in [3.05, 3.63) is 65.6 Å². The van der Waals surface area contributed by atoms with Gasteiger partial charge in [0.15, 0.2) is 0 Å². The van der Waals surface area contributed by atoms with Crippen molar-refractivity contribution in [2.75, 3.05) is 0 Å². The van der Waals surface area contributed by atoms with Crippen LogP contribution in [0.1, 0.15) is 29.9 Å². The van der Waals surface area contributed by atoms with Crippen molar-refractivity contribution in [3.63, 3.8) is 0 Å². The van der Waals surface area contributed by atoms with Gasteiger partial charge in [0.05, 0.1) is 0 Å². The molecule has 0 amide bonds. The van der Waals surface area contributed by atoms with Gasteiger partial charge in [-0.1, -0.05) is 49.4 Å². The molecule has 0 aliphatic heterocycles. The predicted molar refractivity (Wildman–Crippen MR) is 67.3 cm³/mol. The van der Waals surface area contributed by atoms with E-state index in [2.05, 4.69) is 31.2 Å². The number of aryl methyl sites for hydroxylation is 1. The summed E-state index contributed by atoms with van der Waals surface area (Å²) >= 11 is 0. The second-order valence-electron chi connectivity index (χ2n) is 4.01. The maximum absolute atomic E-state index is 5.58. The normalized spacial score (nSPS) is 13.1. The highest BCUT2D eigenvalue weighted by Crippen LogP contribution is 2.20. The van der Waals surface area contributed by atoms with Gasteiger partial charge in [0, 0.05) is 5.92 Å². The summed E-state index contributed by atoms with van der Waals surface area (Å²) in [5.41, 5.74) is 1.22. The Labute approximate surface area is 96.4 Å². The third-order valence-electron chi connectivity index (χ3n) is 2.59. The van der Waals surface area contributed by atoms with E-state index in [9.17, 15) is 0 Å². The van der Waals surface area contributed by atoms with Crippen LogP contribution in [0.15, 0.2) is 53.0 Å². The van der Waals surface area contributed by atoms with Crippen LogP contribution < -0.4 is 0 Å². The fourth-order valence-electron chi connectivity index (χ4n) is 1.61. The van der Waals surface area contributed by atoms with Gasteiger partial charge in [-0.05, 0) is 24.6 Å². The highest BCUT2D eigenvalue weighted by Gasteiger charge is 2.04. The Morgan fingerprint density at radius 2 is 1.81 bits per heavy atom. The molecule has 1 heteroatoms. The topological polar surface area (TPSA) is 13.1 Å². The summed E-state index contributed by atoms with van der Waals surface area (Å²) in [4.78, 5) is 0. The summed E-state index contributed by atoms with van der Waals surface area (Å²) in [6, 6.07) is 14.3. The lowest BCUT2D eigenvalue weighted by Gasteiger charge is -2.01. The molecule has 1 aromatic carbocycles. The smallest absolute Gasteiger partial charge is 0.110 e. The van der Waals surface area contributed by atoms with Crippen LogP contribution in [0.2, 0.25) is 0 Å². The molecule has 82 valence electrons. The highest BCUT2D eigenvalue weighted by atomic mass is 16.3. The Morgan fingerprint density at radius 1 is 1.06 bits per heavy atom. The second kappa shape index (κ2) is 4.84. The summed E-state index contributed by atoms with van der Waals surface area (Å²) < 4.78 is 5.58. The van der Waals surface area contributed by atoms with Crippen molar-refractivity contribution in [2.45, 2.75) is 19.8 Å². The molecule has 1 unspecified atom stereocenters. The fourth-order valence-corrected chi connectivity index (χ4v) is 1.61. The maximum atomic E-state index is 5.58. The van der Waals surface area contributed by atoms with E-state index in [4.69, 9.17) is 4.42 Å². The van der Waals surface area contributed by atoms with Crippen molar-refractivity contribution in [2.24, 2.45) is 0 Å². The van der Waals surface area contributed by atoms with E-state index in [1.807, 2.05) is 37.3 Å². The largest absolute Gasteiger partial charge is 0.466 e.